The van der Waals surface area contributed by atoms with Gasteiger partial charge in [-0.15, -0.1) is 0 Å². The van der Waals surface area contributed by atoms with Crippen LogP contribution in [0.2, 0.25) is 19.6 Å². The number of nitrogens with zero attached hydrogens (tertiary/aromatic N) is 1. The molecule has 0 unspecified atom stereocenters. The predicted octanol–water partition coefficient (Wildman–Crippen LogP) is 6.06. The van der Waals surface area contributed by atoms with Crippen molar-refractivity contribution in [2.45, 2.75) is 39.8 Å². The second kappa shape index (κ2) is 6.10. The van der Waals surface area contributed by atoms with Gasteiger partial charge in [-0.2, -0.15) is 0 Å². The Hall–Kier alpha value is -2.39. The second-order valence-corrected chi connectivity index (χ2v) is 12.8. The van der Waals surface area contributed by atoms with Crippen LogP contribution in [-0.2, 0) is 6.37 Å². The molecule has 2 aromatic carbocycles. The molecule has 0 spiro atoms. The van der Waals surface area contributed by atoms with Crippen LogP contribution in [0.25, 0.3) is 33.2 Å². The summed E-state index contributed by atoms with van der Waals surface area (Å²) < 4.78 is 45.1. The summed E-state index contributed by atoms with van der Waals surface area (Å²) in [5.41, 5.74) is 3.66. The number of benzene rings is 2. The van der Waals surface area contributed by atoms with Gasteiger partial charge < -0.3 is 4.42 Å². The van der Waals surface area contributed by atoms with Gasteiger partial charge in [0, 0.05) is 29.4 Å². The molecular weight excluding hydrogens is 334 g/mol. The van der Waals surface area contributed by atoms with Crippen LogP contribution in [0, 0.1) is 6.92 Å². The summed E-state index contributed by atoms with van der Waals surface area (Å²) in [6.45, 7) is 5.86. The van der Waals surface area contributed by atoms with Crippen LogP contribution < -0.4 is 5.19 Å². The van der Waals surface area contributed by atoms with E-state index in [-0.39, 0.29) is 5.56 Å². The Morgan fingerprint density at radius 1 is 1.15 bits per heavy atom. The van der Waals surface area contributed by atoms with E-state index in [1.54, 1.807) is 13.0 Å². The summed E-state index contributed by atoms with van der Waals surface area (Å²) in [7, 11) is -1.66. The highest BCUT2D eigenvalue weighted by Crippen LogP contribution is 2.35. The van der Waals surface area contributed by atoms with Gasteiger partial charge in [0.2, 0.25) is 0 Å². The molecule has 0 N–H and O–H groups in total. The topological polar surface area (TPSA) is 26.0 Å². The smallest absolute Gasteiger partial charge is 0.144 e. The molecule has 2 nitrogen and oxygen atoms in total. The Labute approximate surface area is 162 Å². The Balaban J connectivity index is 1.97. The molecule has 2 heterocycles. The number of pyridine rings is 1. The van der Waals surface area contributed by atoms with Crippen molar-refractivity contribution in [2.75, 3.05) is 0 Å². The van der Waals surface area contributed by atoms with Gasteiger partial charge in [-0.25, -0.2) is 0 Å². The van der Waals surface area contributed by atoms with E-state index in [4.69, 9.17) is 11.3 Å². The third-order valence-electron chi connectivity index (χ3n) is 4.86. The molecule has 0 aliphatic rings. The van der Waals surface area contributed by atoms with E-state index in [9.17, 15) is 0 Å². The molecule has 3 heteroatoms. The minimum absolute atomic E-state index is 0.0795. The maximum Gasteiger partial charge on any atom is 0.144 e. The van der Waals surface area contributed by atoms with Gasteiger partial charge in [0.25, 0.3) is 0 Å². The van der Waals surface area contributed by atoms with Crippen molar-refractivity contribution in [3.63, 3.8) is 0 Å². The van der Waals surface area contributed by atoms with Gasteiger partial charge >= 0.3 is 0 Å². The fourth-order valence-electron chi connectivity index (χ4n) is 3.49. The van der Waals surface area contributed by atoms with Crippen molar-refractivity contribution < 1.29 is 11.3 Å². The lowest BCUT2D eigenvalue weighted by molar-refractivity contribution is 0.670. The molecule has 4 aromatic rings. The molecule has 26 heavy (non-hydrogen) atoms. The number of hydrogen-bond acceptors (Lipinski definition) is 2. The summed E-state index contributed by atoms with van der Waals surface area (Å²) in [6.07, 6.45) is -1.13. The van der Waals surface area contributed by atoms with Crippen molar-refractivity contribution in [1.29, 1.82) is 0 Å². The highest BCUT2D eigenvalue weighted by Gasteiger charge is 2.24. The van der Waals surface area contributed by atoms with Crippen LogP contribution in [0.4, 0.5) is 0 Å². The molecule has 0 aliphatic carbocycles. The fourth-order valence-corrected chi connectivity index (χ4v) is 5.07. The molecular formula is C23H25NOSi. The second-order valence-electron chi connectivity index (χ2n) is 7.72. The number of hydrogen-bond donors (Lipinski definition) is 0. The molecule has 0 amide bonds. The summed E-state index contributed by atoms with van der Waals surface area (Å²) in [4.78, 5) is 4.46. The Kier molecular flexibility index (Phi) is 2.83. The van der Waals surface area contributed by atoms with E-state index in [2.05, 4.69) is 36.8 Å². The SMILES string of the molecule is [2H]C([2H])([2H])C([2H])([2H])c1cnc(-c2ccc([Si](C)(C)C)c3c2oc2ccccc23)cc1C. The molecule has 0 fully saturated rings. The van der Waals surface area contributed by atoms with Crippen molar-refractivity contribution >= 4 is 35.2 Å². The standard InChI is InChI=1S/C23H25NOSi/c1-6-16-14-24-19(13-15(16)2)17-11-12-21(26(3,4)5)22-18-9-7-8-10-20(18)25-23(17)22/h7-14H,6H2,1-5H3/i1D3,6D2. The minimum Gasteiger partial charge on any atom is -0.455 e. The first-order chi connectivity index (χ1) is 14.3. The van der Waals surface area contributed by atoms with E-state index < -0.39 is 21.3 Å². The average molecular weight is 365 g/mol. The van der Waals surface area contributed by atoms with Crippen molar-refractivity contribution in [1.82, 2.24) is 4.98 Å². The summed E-state index contributed by atoms with van der Waals surface area (Å²) in [5, 5.41) is 3.49. The van der Waals surface area contributed by atoms with Gasteiger partial charge in [0.05, 0.1) is 13.8 Å². The summed E-state index contributed by atoms with van der Waals surface area (Å²) in [5.74, 6) is 0. The lowest BCUT2D eigenvalue weighted by Crippen LogP contribution is -2.37. The van der Waals surface area contributed by atoms with Crippen molar-refractivity contribution in [3.05, 3.63) is 59.8 Å². The van der Waals surface area contributed by atoms with Crippen LogP contribution >= 0.6 is 0 Å². The van der Waals surface area contributed by atoms with E-state index in [1.165, 1.54) is 11.4 Å². The van der Waals surface area contributed by atoms with Gasteiger partial charge in [-0.1, -0.05) is 50.8 Å². The number of rotatable bonds is 3. The minimum atomic E-state index is -2.77. The van der Waals surface area contributed by atoms with E-state index in [0.717, 1.165) is 27.5 Å². The maximum atomic E-state index is 8.09. The Morgan fingerprint density at radius 2 is 1.96 bits per heavy atom. The van der Waals surface area contributed by atoms with Gasteiger partial charge in [0.1, 0.15) is 11.2 Å². The normalized spacial score (nSPS) is 16.1. The first-order valence-corrected chi connectivity index (χ1v) is 12.2. The van der Waals surface area contributed by atoms with Crippen LogP contribution in [0.5, 0.6) is 0 Å². The largest absolute Gasteiger partial charge is 0.455 e. The molecule has 132 valence electrons. The van der Waals surface area contributed by atoms with Crippen molar-refractivity contribution in [3.8, 4) is 11.3 Å². The molecule has 0 aliphatic heterocycles. The number of aryl methyl sites for hydroxylation is 2. The lowest BCUT2D eigenvalue weighted by atomic mass is 10.0. The van der Waals surface area contributed by atoms with Gasteiger partial charge in [-0.3, -0.25) is 4.98 Å². The number of furan rings is 1. The highest BCUT2D eigenvalue weighted by molar-refractivity contribution is 6.90. The number of fused-ring (bicyclic) bond motifs is 3. The predicted molar refractivity (Wildman–Crippen MR) is 114 cm³/mol. The Bertz CT molecular complexity index is 1300. The third kappa shape index (κ3) is 2.67. The third-order valence-corrected chi connectivity index (χ3v) is 6.89. The van der Waals surface area contributed by atoms with Crippen LogP contribution in [-0.4, -0.2) is 13.1 Å². The molecule has 2 aromatic heterocycles. The van der Waals surface area contributed by atoms with Crippen LogP contribution in [0.1, 0.15) is 24.8 Å². The number of para-hydroxylation sites is 1. The molecule has 0 saturated carbocycles. The summed E-state index contributed by atoms with van der Waals surface area (Å²) in [6, 6.07) is 13.9. The van der Waals surface area contributed by atoms with Gasteiger partial charge in [0.15, 0.2) is 0 Å². The van der Waals surface area contributed by atoms with Crippen molar-refractivity contribution in [2.24, 2.45) is 0 Å². The van der Waals surface area contributed by atoms with Crippen LogP contribution in [0.15, 0.2) is 53.1 Å². The molecule has 0 bridgehead atoms. The molecule has 0 atom stereocenters. The zero-order valence-electron chi connectivity index (χ0n) is 20.5. The number of aromatic nitrogens is 1. The first kappa shape index (κ1) is 12.1. The molecule has 0 saturated heterocycles. The zero-order chi connectivity index (χ0) is 22.8. The first-order valence-electron chi connectivity index (χ1n) is 11.2. The highest BCUT2D eigenvalue weighted by atomic mass is 28.3. The zero-order valence-corrected chi connectivity index (χ0v) is 16.5. The Morgan fingerprint density at radius 3 is 2.69 bits per heavy atom. The van der Waals surface area contributed by atoms with E-state index in [0.29, 0.717) is 11.3 Å². The van der Waals surface area contributed by atoms with E-state index in [1.807, 2.05) is 24.3 Å². The lowest BCUT2D eigenvalue weighted by Gasteiger charge is -2.19. The van der Waals surface area contributed by atoms with E-state index >= 15 is 0 Å². The monoisotopic (exact) mass is 364 g/mol. The summed E-state index contributed by atoms with van der Waals surface area (Å²) >= 11 is 0. The maximum absolute atomic E-state index is 8.09. The fraction of sp³-hybridized carbons (Fsp3) is 0.261. The van der Waals surface area contributed by atoms with Crippen LogP contribution in [0.3, 0.4) is 0 Å². The average Bonchev–Trinajstić information content (AvgIpc) is 3.04. The molecule has 0 radical (unpaired) electrons. The quantitative estimate of drug-likeness (QED) is 0.413. The molecule has 4 rings (SSSR count). The van der Waals surface area contributed by atoms with Gasteiger partial charge in [-0.05, 0) is 47.8 Å².